The molecular weight excluding hydrogens is 416 g/mol. The number of nitrogens with one attached hydrogen (secondary N) is 1. The molecule has 7 heteroatoms. The zero-order chi connectivity index (χ0) is 23.6. The van der Waals surface area contributed by atoms with Crippen molar-refractivity contribution >= 4 is 29.1 Å². The minimum atomic E-state index is -0.273. The maximum atomic E-state index is 12.7. The van der Waals surface area contributed by atoms with E-state index in [0.29, 0.717) is 37.5 Å². The highest BCUT2D eigenvalue weighted by Gasteiger charge is 2.19. The molecular formula is C26H30N4O3. The summed E-state index contributed by atoms with van der Waals surface area (Å²) in [6, 6.07) is 10.2. The summed E-state index contributed by atoms with van der Waals surface area (Å²) >= 11 is 0. The average Bonchev–Trinajstić information content (AvgIpc) is 3.18. The van der Waals surface area contributed by atoms with E-state index >= 15 is 0 Å². The average molecular weight is 447 g/mol. The first-order valence-corrected chi connectivity index (χ1v) is 11.1. The fraction of sp³-hybridized carbons (Fsp3) is 0.308. The van der Waals surface area contributed by atoms with Crippen molar-refractivity contribution in [2.45, 2.75) is 26.2 Å². The van der Waals surface area contributed by atoms with Crippen LogP contribution in [0.5, 0.6) is 0 Å². The summed E-state index contributed by atoms with van der Waals surface area (Å²) in [6.45, 7) is 7.01. The lowest BCUT2D eigenvalue weighted by Gasteiger charge is -2.18. The largest absolute Gasteiger partial charge is 0.339 e. The summed E-state index contributed by atoms with van der Waals surface area (Å²) in [4.78, 5) is 43.9. The number of amides is 3. The topological polar surface area (TPSA) is 82.1 Å². The molecule has 1 aromatic carbocycles. The molecule has 33 heavy (non-hydrogen) atoms. The number of amidine groups is 1. The molecule has 0 atom stereocenters. The third kappa shape index (κ3) is 7.14. The van der Waals surface area contributed by atoms with Gasteiger partial charge in [0.1, 0.15) is 5.84 Å². The quantitative estimate of drug-likeness (QED) is 0.557. The van der Waals surface area contributed by atoms with Crippen LogP contribution in [0.1, 0.15) is 31.7 Å². The Hall–Kier alpha value is -3.74. The fourth-order valence-corrected chi connectivity index (χ4v) is 3.71. The number of benzene rings is 1. The SMILES string of the molecule is C=CC(/C=C/C(=O)N1CCC=C(c2ccccc2)CC1)=C\N=C1CCN(C(C)=O)CC(=O)N1. The van der Waals surface area contributed by atoms with Gasteiger partial charge in [0.2, 0.25) is 17.7 Å². The molecule has 0 saturated carbocycles. The van der Waals surface area contributed by atoms with Gasteiger partial charge in [-0.15, -0.1) is 0 Å². The Morgan fingerprint density at radius 3 is 2.55 bits per heavy atom. The molecule has 2 heterocycles. The van der Waals surface area contributed by atoms with E-state index in [2.05, 4.69) is 35.1 Å². The van der Waals surface area contributed by atoms with Crippen LogP contribution in [0.2, 0.25) is 0 Å². The first-order valence-electron chi connectivity index (χ1n) is 11.1. The zero-order valence-corrected chi connectivity index (χ0v) is 19.0. The Bertz CT molecular complexity index is 1020. The van der Waals surface area contributed by atoms with Gasteiger partial charge in [-0.05, 0) is 35.6 Å². The van der Waals surface area contributed by atoms with Gasteiger partial charge in [0.25, 0.3) is 0 Å². The molecule has 0 spiro atoms. The first-order chi connectivity index (χ1) is 16.0. The van der Waals surface area contributed by atoms with Gasteiger partial charge in [-0.2, -0.15) is 0 Å². The molecule has 1 saturated heterocycles. The van der Waals surface area contributed by atoms with Crippen LogP contribution in [-0.4, -0.2) is 59.5 Å². The Morgan fingerprint density at radius 2 is 1.82 bits per heavy atom. The summed E-state index contributed by atoms with van der Waals surface area (Å²) in [6.07, 6.45) is 10.7. The number of carbonyl (C=O) groups excluding carboxylic acids is 3. The Balaban J connectivity index is 1.59. The van der Waals surface area contributed by atoms with Gasteiger partial charge in [0.05, 0.1) is 6.54 Å². The van der Waals surface area contributed by atoms with Crippen LogP contribution in [0.15, 0.2) is 78.0 Å². The molecule has 1 aromatic rings. The van der Waals surface area contributed by atoms with Crippen LogP contribution in [0.4, 0.5) is 0 Å². The normalized spacial score (nSPS) is 19.1. The van der Waals surface area contributed by atoms with Crippen LogP contribution >= 0.6 is 0 Å². The van der Waals surface area contributed by atoms with Crippen molar-refractivity contribution in [1.82, 2.24) is 15.1 Å². The summed E-state index contributed by atoms with van der Waals surface area (Å²) in [5, 5.41) is 2.72. The molecule has 3 rings (SSSR count). The van der Waals surface area contributed by atoms with E-state index < -0.39 is 0 Å². The number of allylic oxidation sites excluding steroid dienone is 3. The number of hydrogen-bond donors (Lipinski definition) is 1. The second-order valence-corrected chi connectivity index (χ2v) is 7.94. The van der Waals surface area contributed by atoms with E-state index in [0.717, 1.165) is 12.8 Å². The molecule has 1 N–H and O–H groups in total. The van der Waals surface area contributed by atoms with E-state index in [9.17, 15) is 14.4 Å². The maximum absolute atomic E-state index is 12.7. The lowest BCUT2D eigenvalue weighted by atomic mass is 10.0. The van der Waals surface area contributed by atoms with Gasteiger partial charge in [-0.25, -0.2) is 4.99 Å². The van der Waals surface area contributed by atoms with Gasteiger partial charge < -0.3 is 15.1 Å². The number of carbonyl (C=O) groups is 3. The maximum Gasteiger partial charge on any atom is 0.246 e. The van der Waals surface area contributed by atoms with Crippen molar-refractivity contribution in [2.24, 2.45) is 4.99 Å². The predicted octanol–water partition coefficient (Wildman–Crippen LogP) is 3.09. The minimum absolute atomic E-state index is 0.0253. The van der Waals surface area contributed by atoms with E-state index in [-0.39, 0.29) is 24.3 Å². The monoisotopic (exact) mass is 446 g/mol. The molecule has 3 amide bonds. The van der Waals surface area contributed by atoms with Gasteiger partial charge >= 0.3 is 0 Å². The van der Waals surface area contributed by atoms with E-state index in [1.54, 1.807) is 18.4 Å². The van der Waals surface area contributed by atoms with Crippen LogP contribution in [0.25, 0.3) is 5.57 Å². The third-order valence-electron chi connectivity index (χ3n) is 5.60. The van der Waals surface area contributed by atoms with E-state index in [1.807, 2.05) is 23.1 Å². The molecule has 7 nitrogen and oxygen atoms in total. The summed E-state index contributed by atoms with van der Waals surface area (Å²) in [5.41, 5.74) is 3.12. The van der Waals surface area contributed by atoms with Crippen molar-refractivity contribution in [3.8, 4) is 0 Å². The Labute approximate surface area is 194 Å². The second kappa shape index (κ2) is 11.8. The lowest BCUT2D eigenvalue weighted by molar-refractivity contribution is -0.133. The number of rotatable bonds is 5. The standard InChI is InChI=1S/C26H30N4O3/c1-3-21(18-27-24-14-17-30(20(2)31)19-25(32)28-24)11-12-26(33)29-15-7-10-23(13-16-29)22-8-5-4-6-9-22/h3-6,8-12,18H,1,7,13-17,19H2,2H3,(H,27,28,32)/b12-11+,21-18+. The first kappa shape index (κ1) is 23.9. The molecule has 172 valence electrons. The molecule has 0 bridgehead atoms. The van der Waals surface area contributed by atoms with Crippen LogP contribution in [-0.2, 0) is 14.4 Å². The second-order valence-electron chi connectivity index (χ2n) is 7.94. The highest BCUT2D eigenvalue weighted by Crippen LogP contribution is 2.22. The van der Waals surface area contributed by atoms with Crippen molar-refractivity contribution in [3.05, 3.63) is 78.6 Å². The van der Waals surface area contributed by atoms with Crippen molar-refractivity contribution < 1.29 is 14.4 Å². The highest BCUT2D eigenvalue weighted by atomic mass is 16.2. The fourth-order valence-electron chi connectivity index (χ4n) is 3.71. The molecule has 2 aliphatic rings. The van der Waals surface area contributed by atoms with Gasteiger partial charge in [0.15, 0.2) is 0 Å². The Kier molecular flexibility index (Phi) is 8.52. The minimum Gasteiger partial charge on any atom is -0.339 e. The molecule has 2 aliphatic heterocycles. The summed E-state index contributed by atoms with van der Waals surface area (Å²) in [5.74, 6) is 0.00739. The van der Waals surface area contributed by atoms with Crippen LogP contribution < -0.4 is 5.32 Å². The van der Waals surface area contributed by atoms with Crippen molar-refractivity contribution in [3.63, 3.8) is 0 Å². The summed E-state index contributed by atoms with van der Waals surface area (Å²) in [7, 11) is 0. The smallest absolute Gasteiger partial charge is 0.246 e. The lowest BCUT2D eigenvalue weighted by Crippen LogP contribution is -2.36. The summed E-state index contributed by atoms with van der Waals surface area (Å²) < 4.78 is 0. The van der Waals surface area contributed by atoms with E-state index in [4.69, 9.17) is 0 Å². The van der Waals surface area contributed by atoms with Crippen molar-refractivity contribution in [1.29, 1.82) is 0 Å². The van der Waals surface area contributed by atoms with Crippen molar-refractivity contribution in [2.75, 3.05) is 26.2 Å². The predicted molar refractivity (Wildman–Crippen MR) is 130 cm³/mol. The van der Waals surface area contributed by atoms with Gasteiger partial charge in [-0.1, -0.05) is 49.1 Å². The Morgan fingerprint density at radius 1 is 1.06 bits per heavy atom. The highest BCUT2D eigenvalue weighted by molar-refractivity contribution is 6.01. The molecule has 1 fully saturated rings. The van der Waals surface area contributed by atoms with Gasteiger partial charge in [-0.3, -0.25) is 14.4 Å². The number of hydrogen-bond acceptors (Lipinski definition) is 4. The molecule has 0 radical (unpaired) electrons. The zero-order valence-electron chi connectivity index (χ0n) is 19.0. The third-order valence-corrected chi connectivity index (χ3v) is 5.60. The van der Waals surface area contributed by atoms with E-state index in [1.165, 1.54) is 29.0 Å². The molecule has 0 aromatic heterocycles. The van der Waals surface area contributed by atoms with Crippen LogP contribution in [0.3, 0.4) is 0 Å². The molecule has 0 unspecified atom stereocenters. The van der Waals surface area contributed by atoms with Crippen LogP contribution in [0, 0.1) is 0 Å². The number of nitrogens with zero attached hydrogens (tertiary/aromatic N) is 3. The molecule has 0 aliphatic carbocycles. The van der Waals surface area contributed by atoms with Gasteiger partial charge in [0, 0.05) is 45.3 Å². The number of aliphatic imine (C=N–C) groups is 1.